The van der Waals surface area contributed by atoms with Gasteiger partial charge in [0.25, 0.3) is 5.91 Å². The number of carbonyl (C=O) groups is 2. The molecule has 26 heavy (non-hydrogen) atoms. The maximum absolute atomic E-state index is 12.3. The molecule has 0 radical (unpaired) electrons. The van der Waals surface area contributed by atoms with Crippen LogP contribution in [-0.4, -0.2) is 35.6 Å². The average molecular weight is 411 g/mol. The van der Waals surface area contributed by atoms with Crippen LogP contribution in [0.1, 0.15) is 24.2 Å². The summed E-state index contributed by atoms with van der Waals surface area (Å²) in [5, 5.41) is 3.85. The third-order valence-electron chi connectivity index (χ3n) is 3.73. The number of nitrogens with one attached hydrogen (secondary N) is 1. The highest BCUT2D eigenvalue weighted by atomic mass is 35.5. The van der Waals surface area contributed by atoms with E-state index in [4.69, 9.17) is 23.2 Å². The van der Waals surface area contributed by atoms with Crippen molar-refractivity contribution in [1.82, 2.24) is 4.90 Å². The summed E-state index contributed by atoms with van der Waals surface area (Å²) in [6.45, 7) is 5.21. The average Bonchev–Trinajstić information content (AvgIpc) is 2.63. The van der Waals surface area contributed by atoms with E-state index >= 15 is 0 Å². The van der Waals surface area contributed by atoms with E-state index < -0.39 is 0 Å². The van der Waals surface area contributed by atoms with Crippen LogP contribution >= 0.6 is 35.0 Å². The summed E-state index contributed by atoms with van der Waals surface area (Å²) in [7, 11) is 0. The van der Waals surface area contributed by atoms with Gasteiger partial charge in [0.15, 0.2) is 0 Å². The van der Waals surface area contributed by atoms with Crippen LogP contribution in [0, 0.1) is 0 Å². The lowest BCUT2D eigenvalue weighted by atomic mass is 10.2. The Morgan fingerprint density at radius 1 is 1.00 bits per heavy atom. The standard InChI is InChI=1S/C19H20Cl2N2O2S/c1-3-23(4-2)19(25)13-8-10-14(11-9-13)22-17(24)12-26-18-15(20)6-5-7-16(18)21/h5-11H,3-4,12H2,1-2H3,(H,22,24). The van der Waals surface area contributed by atoms with Crippen LogP contribution in [0.5, 0.6) is 0 Å². The number of thioether (sulfide) groups is 1. The van der Waals surface area contributed by atoms with Gasteiger partial charge < -0.3 is 10.2 Å². The van der Waals surface area contributed by atoms with Gasteiger partial charge in [-0.2, -0.15) is 0 Å². The summed E-state index contributed by atoms with van der Waals surface area (Å²) in [4.78, 5) is 26.8. The molecule has 0 atom stereocenters. The molecule has 0 aliphatic heterocycles. The first-order valence-electron chi connectivity index (χ1n) is 8.22. The molecule has 0 aromatic heterocycles. The third kappa shape index (κ3) is 5.40. The van der Waals surface area contributed by atoms with E-state index in [-0.39, 0.29) is 17.6 Å². The summed E-state index contributed by atoms with van der Waals surface area (Å²) in [5.74, 6) is -0.00515. The second-order valence-electron chi connectivity index (χ2n) is 5.44. The predicted molar refractivity (Wildman–Crippen MR) is 110 cm³/mol. The van der Waals surface area contributed by atoms with Gasteiger partial charge in [-0.1, -0.05) is 29.3 Å². The molecule has 0 fully saturated rings. The zero-order valence-electron chi connectivity index (χ0n) is 14.6. The molecule has 0 aliphatic rings. The lowest BCUT2D eigenvalue weighted by Crippen LogP contribution is -2.30. The molecule has 2 aromatic rings. The van der Waals surface area contributed by atoms with Crippen LogP contribution in [0.2, 0.25) is 10.0 Å². The molecule has 2 aromatic carbocycles. The smallest absolute Gasteiger partial charge is 0.253 e. The van der Waals surface area contributed by atoms with Gasteiger partial charge >= 0.3 is 0 Å². The number of nitrogens with zero attached hydrogens (tertiary/aromatic N) is 1. The number of hydrogen-bond acceptors (Lipinski definition) is 3. The fourth-order valence-corrected chi connectivity index (χ4v) is 3.83. The number of rotatable bonds is 7. The topological polar surface area (TPSA) is 49.4 Å². The van der Waals surface area contributed by atoms with Gasteiger partial charge in [-0.25, -0.2) is 0 Å². The van der Waals surface area contributed by atoms with Crippen molar-refractivity contribution in [2.24, 2.45) is 0 Å². The lowest BCUT2D eigenvalue weighted by molar-refractivity contribution is -0.113. The largest absolute Gasteiger partial charge is 0.339 e. The van der Waals surface area contributed by atoms with Crippen molar-refractivity contribution < 1.29 is 9.59 Å². The van der Waals surface area contributed by atoms with Gasteiger partial charge in [-0.05, 0) is 50.2 Å². The monoisotopic (exact) mass is 410 g/mol. The predicted octanol–water partition coefficient (Wildman–Crippen LogP) is 5.21. The van der Waals surface area contributed by atoms with E-state index in [0.29, 0.717) is 39.3 Å². The minimum Gasteiger partial charge on any atom is -0.339 e. The van der Waals surface area contributed by atoms with E-state index in [1.54, 1.807) is 47.4 Å². The lowest BCUT2D eigenvalue weighted by Gasteiger charge is -2.18. The minimum absolute atomic E-state index is 0.0169. The van der Waals surface area contributed by atoms with Gasteiger partial charge in [-0.3, -0.25) is 9.59 Å². The Morgan fingerprint density at radius 3 is 2.12 bits per heavy atom. The normalized spacial score (nSPS) is 10.5. The van der Waals surface area contributed by atoms with E-state index in [1.165, 1.54) is 11.8 Å². The third-order valence-corrected chi connectivity index (χ3v) is 5.72. The zero-order valence-corrected chi connectivity index (χ0v) is 16.9. The second-order valence-corrected chi connectivity index (χ2v) is 7.24. The maximum atomic E-state index is 12.3. The summed E-state index contributed by atoms with van der Waals surface area (Å²) in [6.07, 6.45) is 0. The molecule has 0 saturated carbocycles. The quantitative estimate of drug-likeness (QED) is 0.637. The van der Waals surface area contributed by atoms with Crippen molar-refractivity contribution in [3.8, 4) is 0 Å². The highest BCUT2D eigenvalue weighted by Gasteiger charge is 2.13. The Labute approximate surface area is 167 Å². The number of hydrogen-bond donors (Lipinski definition) is 1. The molecule has 138 valence electrons. The van der Waals surface area contributed by atoms with Gasteiger partial charge in [0.2, 0.25) is 5.91 Å². The fraction of sp³-hybridized carbons (Fsp3) is 0.263. The molecule has 2 rings (SSSR count). The SMILES string of the molecule is CCN(CC)C(=O)c1ccc(NC(=O)CSc2c(Cl)cccc2Cl)cc1. The molecule has 0 spiro atoms. The molecule has 2 amide bonds. The van der Waals surface area contributed by atoms with Crippen molar-refractivity contribution in [2.75, 3.05) is 24.2 Å². The van der Waals surface area contributed by atoms with Gasteiger partial charge in [0.05, 0.1) is 15.8 Å². The molecule has 1 N–H and O–H groups in total. The van der Waals surface area contributed by atoms with Gasteiger partial charge in [0, 0.05) is 29.2 Å². The van der Waals surface area contributed by atoms with Crippen LogP contribution in [0.3, 0.4) is 0 Å². The van der Waals surface area contributed by atoms with Crippen LogP contribution in [-0.2, 0) is 4.79 Å². The molecule has 0 saturated heterocycles. The van der Waals surface area contributed by atoms with E-state index in [2.05, 4.69) is 5.32 Å². The number of benzene rings is 2. The first kappa shape index (κ1) is 20.6. The molecule has 0 aliphatic carbocycles. The Kier molecular flexibility index (Phi) is 7.82. The van der Waals surface area contributed by atoms with Crippen LogP contribution in [0.25, 0.3) is 0 Å². The second kappa shape index (κ2) is 9.86. The highest BCUT2D eigenvalue weighted by Crippen LogP contribution is 2.33. The van der Waals surface area contributed by atoms with Crippen LogP contribution in [0.15, 0.2) is 47.4 Å². The number of carbonyl (C=O) groups excluding carboxylic acids is 2. The molecule has 0 bridgehead atoms. The molecule has 0 unspecified atom stereocenters. The maximum Gasteiger partial charge on any atom is 0.253 e. The molecular formula is C19H20Cl2N2O2S. The van der Waals surface area contributed by atoms with Crippen LogP contribution < -0.4 is 5.32 Å². The molecular weight excluding hydrogens is 391 g/mol. The summed E-state index contributed by atoms with van der Waals surface area (Å²) in [5.41, 5.74) is 1.24. The Hall–Kier alpha value is -1.69. The highest BCUT2D eigenvalue weighted by molar-refractivity contribution is 8.00. The summed E-state index contributed by atoms with van der Waals surface area (Å²) >= 11 is 13.5. The first-order valence-corrected chi connectivity index (χ1v) is 9.96. The van der Waals surface area contributed by atoms with E-state index in [1.807, 2.05) is 13.8 Å². The molecule has 7 heteroatoms. The van der Waals surface area contributed by atoms with Gasteiger partial charge in [0.1, 0.15) is 0 Å². The Morgan fingerprint density at radius 2 is 1.58 bits per heavy atom. The fourth-order valence-electron chi connectivity index (χ4n) is 2.34. The first-order chi connectivity index (χ1) is 12.5. The van der Waals surface area contributed by atoms with Crippen molar-refractivity contribution in [2.45, 2.75) is 18.7 Å². The summed E-state index contributed by atoms with van der Waals surface area (Å²) in [6, 6.07) is 12.1. The number of anilines is 1. The number of halogens is 2. The molecule has 4 nitrogen and oxygen atoms in total. The zero-order chi connectivity index (χ0) is 19.1. The van der Waals surface area contributed by atoms with Crippen molar-refractivity contribution in [3.05, 3.63) is 58.1 Å². The minimum atomic E-state index is -0.172. The Bertz CT molecular complexity index is 757. The van der Waals surface area contributed by atoms with Crippen molar-refractivity contribution in [3.63, 3.8) is 0 Å². The summed E-state index contributed by atoms with van der Waals surface area (Å²) < 4.78 is 0. The van der Waals surface area contributed by atoms with Crippen LogP contribution in [0.4, 0.5) is 5.69 Å². The van der Waals surface area contributed by atoms with Crippen molar-refractivity contribution in [1.29, 1.82) is 0 Å². The van der Waals surface area contributed by atoms with Gasteiger partial charge in [-0.15, -0.1) is 11.8 Å². The van der Waals surface area contributed by atoms with E-state index in [0.717, 1.165) is 0 Å². The van der Waals surface area contributed by atoms with E-state index in [9.17, 15) is 9.59 Å². The van der Waals surface area contributed by atoms with Crippen molar-refractivity contribution >= 4 is 52.5 Å². The number of amides is 2. The Balaban J connectivity index is 1.94. The molecule has 0 heterocycles.